The monoisotopic (exact) mass is 445 g/mol. The summed E-state index contributed by atoms with van der Waals surface area (Å²) >= 11 is 0. The van der Waals surface area contributed by atoms with Gasteiger partial charge in [-0.25, -0.2) is 4.98 Å². The second kappa shape index (κ2) is 9.45. The summed E-state index contributed by atoms with van der Waals surface area (Å²) in [5, 5.41) is 10.6. The number of aromatic nitrogens is 4. The molecule has 0 radical (unpaired) electrons. The van der Waals surface area contributed by atoms with Crippen molar-refractivity contribution in [1.82, 2.24) is 19.7 Å². The van der Waals surface area contributed by atoms with Crippen molar-refractivity contribution in [3.8, 4) is 11.1 Å². The van der Waals surface area contributed by atoms with Crippen LogP contribution < -0.4 is 16.4 Å². The van der Waals surface area contributed by atoms with Crippen molar-refractivity contribution in [2.24, 2.45) is 0 Å². The van der Waals surface area contributed by atoms with E-state index in [1.807, 2.05) is 25.1 Å². The van der Waals surface area contributed by atoms with Gasteiger partial charge in [-0.1, -0.05) is 0 Å². The minimum Gasteiger partial charge on any atom is -0.398 e. The van der Waals surface area contributed by atoms with Crippen molar-refractivity contribution in [2.45, 2.75) is 13.5 Å². The number of methoxy groups -OCH3 is 1. The third kappa shape index (κ3) is 4.96. The van der Waals surface area contributed by atoms with E-state index in [2.05, 4.69) is 25.7 Å². The number of carbonyl (C=O) groups excluding carboxylic acids is 2. The zero-order chi connectivity index (χ0) is 23.4. The smallest absolute Gasteiger partial charge is 0.315 e. The summed E-state index contributed by atoms with van der Waals surface area (Å²) in [5.74, 6) is -1.45. The van der Waals surface area contributed by atoms with Gasteiger partial charge in [0, 0.05) is 48.5 Å². The summed E-state index contributed by atoms with van der Waals surface area (Å²) in [5.41, 5.74) is 10.1. The van der Waals surface area contributed by atoms with Gasteiger partial charge >= 0.3 is 11.8 Å². The molecule has 0 bridgehead atoms. The highest BCUT2D eigenvalue weighted by atomic mass is 16.5. The highest BCUT2D eigenvalue weighted by molar-refractivity contribution is 6.43. The molecule has 33 heavy (non-hydrogen) atoms. The van der Waals surface area contributed by atoms with Gasteiger partial charge in [0.1, 0.15) is 5.82 Å². The Hall–Kier alpha value is -4.31. The maximum atomic E-state index is 12.4. The molecule has 4 N–H and O–H groups in total. The summed E-state index contributed by atoms with van der Waals surface area (Å²) in [6.07, 6.45) is 8.15. The predicted octanol–water partition coefficient (Wildman–Crippen LogP) is 2.61. The van der Waals surface area contributed by atoms with Crippen LogP contribution in [-0.4, -0.2) is 45.3 Å². The molecule has 0 fully saturated rings. The predicted molar refractivity (Wildman–Crippen MR) is 125 cm³/mol. The first kappa shape index (κ1) is 21.9. The van der Waals surface area contributed by atoms with E-state index in [4.69, 9.17) is 10.5 Å². The average molecular weight is 445 g/mol. The lowest BCUT2D eigenvalue weighted by Crippen LogP contribution is -2.29. The van der Waals surface area contributed by atoms with E-state index in [0.29, 0.717) is 24.5 Å². The molecule has 10 nitrogen and oxygen atoms in total. The van der Waals surface area contributed by atoms with Crippen LogP contribution in [0.25, 0.3) is 21.9 Å². The topological polar surface area (TPSA) is 137 Å². The van der Waals surface area contributed by atoms with Crippen LogP contribution in [0.3, 0.4) is 0 Å². The van der Waals surface area contributed by atoms with E-state index in [-0.39, 0.29) is 5.82 Å². The van der Waals surface area contributed by atoms with Crippen molar-refractivity contribution >= 4 is 39.8 Å². The number of pyridine rings is 2. The zero-order valence-electron chi connectivity index (χ0n) is 18.2. The largest absolute Gasteiger partial charge is 0.398 e. The lowest BCUT2D eigenvalue weighted by Gasteiger charge is -2.11. The van der Waals surface area contributed by atoms with Gasteiger partial charge in [0.05, 0.1) is 25.0 Å². The average Bonchev–Trinajstić information content (AvgIpc) is 3.24. The van der Waals surface area contributed by atoms with Crippen LogP contribution in [0.5, 0.6) is 0 Å². The van der Waals surface area contributed by atoms with E-state index in [9.17, 15) is 9.59 Å². The number of fused-ring (bicyclic) bond motifs is 1. The minimum absolute atomic E-state index is 0.234. The highest BCUT2D eigenvalue weighted by Gasteiger charge is 2.16. The van der Waals surface area contributed by atoms with Gasteiger partial charge in [-0.3, -0.25) is 19.3 Å². The van der Waals surface area contributed by atoms with E-state index in [0.717, 1.165) is 27.5 Å². The Morgan fingerprint density at radius 1 is 1.12 bits per heavy atom. The van der Waals surface area contributed by atoms with Gasteiger partial charge in [0.25, 0.3) is 0 Å². The van der Waals surface area contributed by atoms with Crippen LogP contribution in [0, 0.1) is 6.92 Å². The molecule has 0 saturated carbocycles. The fraction of sp³-hybridized carbons (Fsp3) is 0.174. The Bertz CT molecular complexity index is 1330. The first-order valence-electron chi connectivity index (χ1n) is 10.2. The van der Waals surface area contributed by atoms with Gasteiger partial charge in [-0.2, -0.15) is 5.10 Å². The lowest BCUT2D eigenvalue weighted by molar-refractivity contribution is -0.133. The number of rotatable bonds is 6. The molecular weight excluding hydrogens is 422 g/mol. The minimum atomic E-state index is -0.848. The molecular formula is C23H23N7O3. The molecule has 3 aromatic heterocycles. The van der Waals surface area contributed by atoms with Crippen molar-refractivity contribution in [3.63, 3.8) is 0 Å². The SMILES string of the molecule is COCCn1cc(NC(=O)C(=O)Nc2cc3cc(-c4cnccc4C)cc(N)c3cn2)cn1. The maximum absolute atomic E-state index is 12.4. The number of amides is 2. The maximum Gasteiger partial charge on any atom is 0.315 e. The first-order chi connectivity index (χ1) is 15.9. The summed E-state index contributed by atoms with van der Waals surface area (Å²) < 4.78 is 6.59. The second-order valence-electron chi connectivity index (χ2n) is 7.44. The first-order valence-corrected chi connectivity index (χ1v) is 10.2. The normalized spacial score (nSPS) is 10.8. The molecule has 0 aliphatic carbocycles. The standard InChI is InChI=1S/C23H23N7O3/c1-14-3-4-25-11-18(14)15-7-16-9-21(26-12-19(16)20(24)8-15)29-23(32)22(31)28-17-10-27-30(13-17)5-6-33-2/h3-4,7-13H,5-6,24H2,1-2H3,(H,28,31)(H,26,29,32). The van der Waals surface area contributed by atoms with Crippen LogP contribution >= 0.6 is 0 Å². The third-order valence-corrected chi connectivity index (χ3v) is 5.08. The fourth-order valence-electron chi connectivity index (χ4n) is 3.37. The molecule has 1 aromatic carbocycles. The van der Waals surface area contributed by atoms with E-state index in [1.165, 1.54) is 6.20 Å². The number of benzene rings is 1. The van der Waals surface area contributed by atoms with Crippen molar-refractivity contribution in [1.29, 1.82) is 0 Å². The van der Waals surface area contributed by atoms with Gasteiger partial charge in [-0.05, 0) is 47.7 Å². The van der Waals surface area contributed by atoms with E-state index in [1.54, 1.807) is 42.6 Å². The molecule has 0 aliphatic heterocycles. The Morgan fingerprint density at radius 3 is 2.73 bits per heavy atom. The quantitative estimate of drug-likeness (QED) is 0.306. The molecule has 3 heterocycles. The number of hydrogen-bond donors (Lipinski definition) is 3. The summed E-state index contributed by atoms with van der Waals surface area (Å²) in [6, 6.07) is 7.41. The molecule has 10 heteroatoms. The number of nitrogens with zero attached hydrogens (tertiary/aromatic N) is 4. The molecule has 0 aliphatic rings. The molecule has 2 amide bonds. The molecule has 0 unspecified atom stereocenters. The van der Waals surface area contributed by atoms with Crippen LogP contribution in [0.4, 0.5) is 17.2 Å². The Labute approximate surface area is 189 Å². The number of carbonyl (C=O) groups is 2. The summed E-state index contributed by atoms with van der Waals surface area (Å²) in [7, 11) is 1.59. The number of ether oxygens (including phenoxy) is 1. The van der Waals surface area contributed by atoms with Gasteiger partial charge < -0.3 is 21.1 Å². The molecule has 0 spiro atoms. The van der Waals surface area contributed by atoms with Crippen LogP contribution in [-0.2, 0) is 20.9 Å². The van der Waals surface area contributed by atoms with Crippen LogP contribution in [0.2, 0.25) is 0 Å². The zero-order valence-corrected chi connectivity index (χ0v) is 18.2. The van der Waals surface area contributed by atoms with Gasteiger partial charge in [0.2, 0.25) is 0 Å². The third-order valence-electron chi connectivity index (χ3n) is 5.08. The Kier molecular flexibility index (Phi) is 6.27. The lowest BCUT2D eigenvalue weighted by atomic mass is 9.99. The number of nitrogen functional groups attached to an aromatic ring is 1. The molecule has 168 valence electrons. The number of nitrogens with one attached hydrogen (secondary N) is 2. The number of anilines is 3. The highest BCUT2D eigenvalue weighted by Crippen LogP contribution is 2.31. The van der Waals surface area contributed by atoms with Crippen LogP contribution in [0.1, 0.15) is 5.56 Å². The van der Waals surface area contributed by atoms with Crippen LogP contribution in [0.15, 0.2) is 55.2 Å². The number of hydrogen-bond acceptors (Lipinski definition) is 7. The fourth-order valence-corrected chi connectivity index (χ4v) is 3.37. The van der Waals surface area contributed by atoms with E-state index >= 15 is 0 Å². The number of nitrogens with two attached hydrogens (primary N) is 1. The van der Waals surface area contributed by atoms with Crippen molar-refractivity contribution in [2.75, 3.05) is 30.1 Å². The molecule has 0 saturated heterocycles. The van der Waals surface area contributed by atoms with Gasteiger partial charge in [-0.15, -0.1) is 0 Å². The number of aryl methyl sites for hydroxylation is 1. The van der Waals surface area contributed by atoms with Gasteiger partial charge in [0.15, 0.2) is 0 Å². The van der Waals surface area contributed by atoms with Crippen molar-refractivity contribution < 1.29 is 14.3 Å². The molecule has 4 aromatic rings. The Balaban J connectivity index is 1.51. The second-order valence-corrected chi connectivity index (χ2v) is 7.44. The summed E-state index contributed by atoms with van der Waals surface area (Å²) in [4.78, 5) is 33.1. The van der Waals surface area contributed by atoms with E-state index < -0.39 is 11.8 Å². The molecule has 4 rings (SSSR count). The molecule has 0 atom stereocenters. The van der Waals surface area contributed by atoms with Crippen molar-refractivity contribution in [3.05, 3.63) is 60.8 Å². The Morgan fingerprint density at radius 2 is 1.94 bits per heavy atom. The summed E-state index contributed by atoms with van der Waals surface area (Å²) in [6.45, 7) is 3.01.